The number of nitrogens with zero attached hydrogens (tertiary/aromatic N) is 1. The van der Waals surface area contributed by atoms with Gasteiger partial charge in [0.2, 0.25) is 5.91 Å². The summed E-state index contributed by atoms with van der Waals surface area (Å²) in [6.07, 6.45) is 74.5. The third-order valence-electron chi connectivity index (χ3n) is 16.0. The first-order valence-corrected chi connectivity index (χ1v) is 35.5. The van der Waals surface area contributed by atoms with E-state index in [-0.39, 0.29) is 19.1 Å². The fourth-order valence-electron chi connectivity index (χ4n) is 10.7. The number of phosphoric acid groups is 1. The average molecular weight is 1100 g/mol. The summed E-state index contributed by atoms with van der Waals surface area (Å²) in [5.74, 6) is -0.136. The van der Waals surface area contributed by atoms with E-state index in [0.29, 0.717) is 23.9 Å². The number of unbranched alkanes of at least 4 members (excludes halogenated alkanes) is 49. The van der Waals surface area contributed by atoms with Gasteiger partial charge in [-0.3, -0.25) is 13.8 Å². The zero-order valence-corrected chi connectivity index (χ0v) is 52.9. The van der Waals surface area contributed by atoms with Crippen LogP contribution in [0.2, 0.25) is 0 Å². The van der Waals surface area contributed by atoms with Crippen LogP contribution in [0.4, 0.5) is 0 Å². The first-order valence-electron chi connectivity index (χ1n) is 34.1. The number of hydrogen-bond acceptors (Lipinski definition) is 5. The minimum absolute atomic E-state index is 0.0779. The lowest BCUT2D eigenvalue weighted by Gasteiger charge is -2.26. The fourth-order valence-corrected chi connectivity index (χ4v) is 11.4. The largest absolute Gasteiger partial charge is 0.472 e. The van der Waals surface area contributed by atoms with Crippen LogP contribution in [0.25, 0.3) is 0 Å². The normalized spacial score (nSPS) is 13.7. The van der Waals surface area contributed by atoms with Gasteiger partial charge in [-0.25, -0.2) is 4.57 Å². The summed E-state index contributed by atoms with van der Waals surface area (Å²) < 4.78 is 23.9. The third kappa shape index (κ3) is 60.9. The molecule has 0 saturated carbocycles. The van der Waals surface area contributed by atoms with Crippen molar-refractivity contribution in [1.82, 2.24) is 5.32 Å². The number of rotatable bonds is 64. The molecule has 0 aliphatic carbocycles. The van der Waals surface area contributed by atoms with Crippen molar-refractivity contribution in [3.8, 4) is 0 Å². The van der Waals surface area contributed by atoms with Crippen molar-refractivity contribution in [1.29, 1.82) is 0 Å². The smallest absolute Gasteiger partial charge is 0.391 e. The number of hydrogen-bond donors (Lipinski definition) is 3. The van der Waals surface area contributed by atoms with Gasteiger partial charge < -0.3 is 19.8 Å². The molecular weight excluding hydrogens is 960 g/mol. The van der Waals surface area contributed by atoms with Crippen molar-refractivity contribution >= 4 is 13.7 Å². The summed E-state index contributed by atoms with van der Waals surface area (Å²) in [5.41, 5.74) is 0. The van der Waals surface area contributed by atoms with Gasteiger partial charge in [0.05, 0.1) is 39.9 Å². The summed E-state index contributed by atoms with van der Waals surface area (Å²) in [6, 6.07) is -0.759. The Morgan fingerprint density at radius 1 is 0.434 bits per heavy atom. The van der Waals surface area contributed by atoms with Gasteiger partial charge in [0.15, 0.2) is 0 Å². The van der Waals surface area contributed by atoms with E-state index in [2.05, 4.69) is 31.3 Å². The maximum atomic E-state index is 13.1. The molecule has 3 unspecified atom stereocenters. The second-order valence-electron chi connectivity index (χ2n) is 24.9. The zero-order valence-electron chi connectivity index (χ0n) is 52.0. The van der Waals surface area contributed by atoms with Gasteiger partial charge in [0, 0.05) is 6.42 Å². The Hall–Kier alpha value is -0.760. The van der Waals surface area contributed by atoms with Crippen LogP contribution in [0.1, 0.15) is 361 Å². The minimum Gasteiger partial charge on any atom is -0.391 e. The molecule has 0 fully saturated rings. The molecule has 454 valence electrons. The maximum absolute atomic E-state index is 13.1. The fraction of sp³-hybridized carbons (Fsp3) is 0.955. The molecule has 0 heterocycles. The average Bonchev–Trinajstić information content (AvgIpc) is 3.38. The molecule has 0 spiro atoms. The molecule has 0 rings (SSSR count). The number of aliphatic hydroxyl groups is 1. The molecule has 3 atom stereocenters. The molecule has 3 N–H and O–H groups in total. The zero-order chi connectivity index (χ0) is 55.6. The number of aliphatic hydroxyl groups excluding tert-OH is 1. The monoisotopic (exact) mass is 1100 g/mol. The quantitative estimate of drug-likeness (QED) is 0.0243. The number of amides is 1. The lowest BCUT2D eigenvalue weighted by molar-refractivity contribution is -0.870. The second-order valence-corrected chi connectivity index (χ2v) is 26.4. The number of phosphoric ester groups is 1. The number of likely N-dealkylation sites (N-methyl/N-ethyl adjacent to an activating group) is 1. The first-order chi connectivity index (χ1) is 37.0. The van der Waals surface area contributed by atoms with Crippen LogP contribution in [0.3, 0.4) is 0 Å². The Morgan fingerprint density at radius 3 is 1.01 bits per heavy atom. The molecular formula is C67H136N2O6P+. The van der Waals surface area contributed by atoms with E-state index in [1.54, 1.807) is 0 Å². The maximum Gasteiger partial charge on any atom is 0.472 e. The van der Waals surface area contributed by atoms with Gasteiger partial charge in [-0.15, -0.1) is 0 Å². The van der Waals surface area contributed by atoms with E-state index < -0.39 is 20.0 Å². The predicted octanol–water partition coefficient (Wildman–Crippen LogP) is 21.3. The first kappa shape index (κ1) is 75.2. The van der Waals surface area contributed by atoms with Crippen molar-refractivity contribution in [2.45, 2.75) is 373 Å². The van der Waals surface area contributed by atoms with Gasteiger partial charge in [-0.2, -0.15) is 0 Å². The highest BCUT2D eigenvalue weighted by Gasteiger charge is 2.28. The van der Waals surface area contributed by atoms with Crippen molar-refractivity contribution < 1.29 is 32.9 Å². The Balaban J connectivity index is 4.02. The van der Waals surface area contributed by atoms with Crippen molar-refractivity contribution in [2.24, 2.45) is 0 Å². The lowest BCUT2D eigenvalue weighted by atomic mass is 10.0. The molecule has 0 aromatic heterocycles. The Morgan fingerprint density at radius 2 is 0.711 bits per heavy atom. The number of carbonyl (C=O) groups excluding carboxylic acids is 1. The molecule has 0 aliphatic rings. The molecule has 9 heteroatoms. The van der Waals surface area contributed by atoms with E-state index in [4.69, 9.17) is 9.05 Å². The van der Waals surface area contributed by atoms with Crippen LogP contribution in [0.15, 0.2) is 12.2 Å². The Kier molecular flexibility index (Phi) is 58.3. The van der Waals surface area contributed by atoms with Crippen LogP contribution in [0.5, 0.6) is 0 Å². The van der Waals surface area contributed by atoms with Crippen molar-refractivity contribution in [3.05, 3.63) is 12.2 Å². The van der Waals surface area contributed by atoms with E-state index in [0.717, 1.165) is 38.5 Å². The van der Waals surface area contributed by atoms with Crippen LogP contribution in [-0.2, 0) is 18.4 Å². The summed E-state index contributed by atoms with van der Waals surface area (Å²) in [7, 11) is 1.64. The van der Waals surface area contributed by atoms with E-state index in [9.17, 15) is 19.4 Å². The number of quaternary nitrogens is 1. The van der Waals surface area contributed by atoms with Crippen LogP contribution < -0.4 is 5.32 Å². The summed E-state index contributed by atoms with van der Waals surface area (Å²) in [5, 5.41) is 14.1. The molecule has 8 nitrogen and oxygen atoms in total. The lowest BCUT2D eigenvalue weighted by Crippen LogP contribution is -2.46. The SMILES string of the molecule is CCCCCCCCCCCCCC/C=C\CCCCCCCCCCCCCCCCC(=O)NC(COP(=O)(O)OCC[N+](C)(C)C)C(O)CCCCCCCCCCCCCCCCCCCCCCCCCC. The molecule has 0 radical (unpaired) electrons. The Labute approximate surface area is 475 Å². The summed E-state index contributed by atoms with van der Waals surface area (Å²) >= 11 is 0. The van der Waals surface area contributed by atoms with Gasteiger partial charge >= 0.3 is 7.82 Å². The minimum atomic E-state index is -4.33. The molecule has 0 saturated heterocycles. The van der Waals surface area contributed by atoms with Gasteiger partial charge in [-0.05, 0) is 38.5 Å². The summed E-state index contributed by atoms with van der Waals surface area (Å²) in [6.45, 7) is 4.96. The third-order valence-corrected chi connectivity index (χ3v) is 17.0. The van der Waals surface area contributed by atoms with Gasteiger partial charge in [-0.1, -0.05) is 328 Å². The second kappa shape index (κ2) is 58.9. The van der Waals surface area contributed by atoms with E-state index in [1.807, 2.05) is 21.1 Å². The molecule has 0 bridgehead atoms. The molecule has 0 aromatic rings. The number of allylic oxidation sites excluding steroid dienone is 2. The Bertz CT molecular complexity index is 1240. The van der Waals surface area contributed by atoms with Gasteiger partial charge in [0.1, 0.15) is 13.2 Å². The van der Waals surface area contributed by atoms with Crippen LogP contribution >= 0.6 is 7.82 Å². The van der Waals surface area contributed by atoms with Crippen molar-refractivity contribution in [3.63, 3.8) is 0 Å². The van der Waals surface area contributed by atoms with Gasteiger partial charge in [0.25, 0.3) is 0 Å². The highest BCUT2D eigenvalue weighted by molar-refractivity contribution is 7.47. The number of carbonyl (C=O) groups is 1. The van der Waals surface area contributed by atoms with Crippen LogP contribution in [-0.4, -0.2) is 73.4 Å². The highest BCUT2D eigenvalue weighted by atomic mass is 31.2. The predicted molar refractivity (Wildman–Crippen MR) is 332 cm³/mol. The molecule has 0 aliphatic heterocycles. The topological polar surface area (TPSA) is 105 Å². The highest BCUT2D eigenvalue weighted by Crippen LogP contribution is 2.43. The van der Waals surface area contributed by atoms with E-state index in [1.165, 1.54) is 295 Å². The molecule has 0 aromatic carbocycles. The van der Waals surface area contributed by atoms with E-state index >= 15 is 0 Å². The van der Waals surface area contributed by atoms with Crippen molar-refractivity contribution in [2.75, 3.05) is 40.9 Å². The van der Waals surface area contributed by atoms with Crippen LogP contribution in [0, 0.1) is 0 Å². The summed E-state index contributed by atoms with van der Waals surface area (Å²) in [4.78, 5) is 23.4. The standard InChI is InChI=1S/C67H135N2O6P/c1-6-8-10-12-14-16-18-20-22-24-26-28-30-32-33-34-35-36-37-39-41-43-45-47-49-51-53-55-57-59-61-67(71)68-65(64-75-76(72,73)74-63-62-69(3,4)5)66(70)60-58-56-54-52-50-48-46-44-42-40-38-31-29-27-25-23-21-19-17-15-13-11-9-7-2/h32-33,65-66,70H,6-31,34-64H2,1-5H3,(H-,68,71,72,73)/p+1/b33-32-. The molecule has 76 heavy (non-hydrogen) atoms. The molecule has 1 amide bonds. The number of nitrogens with one attached hydrogen (secondary N) is 1.